The number of anilines is 1. The number of carbonyl (C=O) groups excluding carboxylic acids is 2. The average molecular weight is 398 g/mol. The van der Waals surface area contributed by atoms with E-state index in [-0.39, 0.29) is 28.5 Å². The molecule has 0 aliphatic carbocycles. The lowest BCUT2D eigenvalue weighted by Gasteiger charge is -2.16. The van der Waals surface area contributed by atoms with Crippen LogP contribution in [0.2, 0.25) is 0 Å². The van der Waals surface area contributed by atoms with E-state index < -0.39 is 16.7 Å². The van der Waals surface area contributed by atoms with Crippen molar-refractivity contribution in [2.24, 2.45) is 0 Å². The van der Waals surface area contributed by atoms with Crippen LogP contribution in [0, 0.1) is 24.0 Å². The molecule has 0 saturated carbocycles. The molecule has 2 aromatic rings. The second kappa shape index (κ2) is 7.95. The molecule has 144 valence electrons. The number of aliphatic hydroxyl groups is 1. The number of hydrogen-bond donors (Lipinski definition) is 1. The molecule has 0 radical (unpaired) electrons. The lowest BCUT2D eigenvalue weighted by molar-refractivity contribution is -0.384. The zero-order chi connectivity index (χ0) is 20.4. The third-order valence-electron chi connectivity index (χ3n) is 4.49. The molecular weight excluding hydrogens is 380 g/mol. The van der Waals surface area contributed by atoms with Gasteiger partial charge in [-0.1, -0.05) is 6.07 Å². The van der Waals surface area contributed by atoms with Crippen molar-refractivity contribution in [1.82, 2.24) is 0 Å². The summed E-state index contributed by atoms with van der Waals surface area (Å²) >= 11 is 1.10. The fraction of sp³-hybridized carbons (Fsp3) is 0.200. The van der Waals surface area contributed by atoms with Crippen LogP contribution in [-0.4, -0.2) is 34.2 Å². The van der Waals surface area contributed by atoms with Gasteiger partial charge in [-0.25, -0.2) is 4.90 Å². The number of benzene rings is 2. The number of non-ortho nitro benzene ring substituents is 1. The minimum absolute atomic E-state index is 0.100. The number of nitro groups is 1. The molecule has 1 aliphatic heterocycles. The number of aryl methyl sites for hydroxylation is 2. The fourth-order valence-corrected chi connectivity index (χ4v) is 3.75. The summed E-state index contributed by atoms with van der Waals surface area (Å²) in [5.74, 6) is -0.686. The van der Waals surface area contributed by atoms with Gasteiger partial charge in [0.05, 0.1) is 27.7 Å². The van der Waals surface area contributed by atoms with Gasteiger partial charge >= 0.3 is 0 Å². The minimum Gasteiger partial charge on any atom is -0.396 e. The third-order valence-corrected chi connectivity index (χ3v) is 5.55. The van der Waals surface area contributed by atoms with Gasteiger partial charge in [-0.3, -0.25) is 19.7 Å². The molecule has 8 heteroatoms. The molecule has 0 atom stereocenters. The van der Waals surface area contributed by atoms with Crippen LogP contribution in [-0.2, 0) is 9.59 Å². The van der Waals surface area contributed by atoms with Crippen LogP contribution < -0.4 is 4.90 Å². The first-order valence-corrected chi connectivity index (χ1v) is 9.52. The zero-order valence-corrected chi connectivity index (χ0v) is 16.2. The molecule has 1 aliphatic rings. The predicted octanol–water partition coefficient (Wildman–Crippen LogP) is 3.22. The van der Waals surface area contributed by atoms with Crippen LogP contribution in [0.3, 0.4) is 0 Å². The van der Waals surface area contributed by atoms with Crippen LogP contribution in [0.5, 0.6) is 0 Å². The van der Waals surface area contributed by atoms with Crippen molar-refractivity contribution in [2.75, 3.05) is 17.3 Å². The Morgan fingerprint density at radius 1 is 1.04 bits per heavy atom. The van der Waals surface area contributed by atoms with Crippen molar-refractivity contribution in [3.63, 3.8) is 0 Å². The highest BCUT2D eigenvalue weighted by Crippen LogP contribution is 2.39. The van der Waals surface area contributed by atoms with Gasteiger partial charge in [0, 0.05) is 17.9 Å². The SMILES string of the molecule is Cc1ccc(N2C(=O)C(SCCO)=C(c3ccc([N+](=O)[O-])cc3)C2=O)cc1C. The molecule has 2 aromatic carbocycles. The third kappa shape index (κ3) is 3.56. The van der Waals surface area contributed by atoms with Crippen molar-refractivity contribution in [1.29, 1.82) is 0 Å². The zero-order valence-electron chi connectivity index (χ0n) is 15.3. The van der Waals surface area contributed by atoms with Gasteiger partial charge < -0.3 is 5.11 Å². The predicted molar refractivity (Wildman–Crippen MR) is 108 cm³/mol. The Kier molecular flexibility index (Phi) is 5.62. The molecular formula is C20H18N2O5S. The number of imide groups is 1. The van der Waals surface area contributed by atoms with Crippen molar-refractivity contribution >= 4 is 40.5 Å². The second-order valence-electron chi connectivity index (χ2n) is 6.29. The summed E-state index contributed by atoms with van der Waals surface area (Å²) in [6, 6.07) is 10.9. The van der Waals surface area contributed by atoms with E-state index in [0.29, 0.717) is 11.3 Å². The molecule has 0 saturated heterocycles. The summed E-state index contributed by atoms with van der Waals surface area (Å²) < 4.78 is 0. The monoisotopic (exact) mass is 398 g/mol. The van der Waals surface area contributed by atoms with E-state index in [4.69, 9.17) is 5.11 Å². The first-order valence-electron chi connectivity index (χ1n) is 8.54. The van der Waals surface area contributed by atoms with Crippen molar-refractivity contribution < 1.29 is 19.6 Å². The lowest BCUT2D eigenvalue weighted by Crippen LogP contribution is -2.31. The maximum absolute atomic E-state index is 13.1. The van der Waals surface area contributed by atoms with Crippen molar-refractivity contribution in [3.05, 3.63) is 74.2 Å². The van der Waals surface area contributed by atoms with E-state index in [1.807, 2.05) is 19.9 Å². The van der Waals surface area contributed by atoms with Crippen LogP contribution in [0.4, 0.5) is 11.4 Å². The van der Waals surface area contributed by atoms with Gasteiger partial charge in [-0.2, -0.15) is 0 Å². The fourth-order valence-electron chi connectivity index (χ4n) is 2.89. The maximum Gasteiger partial charge on any atom is 0.272 e. The Labute approximate surface area is 165 Å². The Bertz CT molecular complexity index is 998. The highest BCUT2D eigenvalue weighted by Gasteiger charge is 2.40. The topological polar surface area (TPSA) is 101 Å². The maximum atomic E-state index is 13.1. The quantitative estimate of drug-likeness (QED) is 0.455. The number of rotatable bonds is 6. The first-order chi connectivity index (χ1) is 13.3. The Morgan fingerprint density at radius 2 is 1.71 bits per heavy atom. The summed E-state index contributed by atoms with van der Waals surface area (Å²) in [6.07, 6.45) is 0. The van der Waals surface area contributed by atoms with Crippen molar-refractivity contribution in [3.8, 4) is 0 Å². The first kappa shape index (κ1) is 19.8. The highest BCUT2D eigenvalue weighted by molar-refractivity contribution is 8.04. The van der Waals surface area contributed by atoms with E-state index in [9.17, 15) is 19.7 Å². The summed E-state index contributed by atoms with van der Waals surface area (Å²) in [5.41, 5.74) is 2.98. The number of thioether (sulfide) groups is 1. The molecule has 1 N–H and O–H groups in total. The average Bonchev–Trinajstić information content (AvgIpc) is 2.92. The van der Waals surface area contributed by atoms with Gasteiger partial charge in [-0.15, -0.1) is 11.8 Å². The standard InChI is InChI=1S/C20H18N2O5S/c1-12-3-6-16(11-13(12)2)21-19(24)17(18(20(21)25)28-10-9-23)14-4-7-15(8-5-14)22(26)27/h3-8,11,23H,9-10H2,1-2H3. The number of hydrogen-bond acceptors (Lipinski definition) is 6. The van der Waals surface area contributed by atoms with E-state index in [1.54, 1.807) is 12.1 Å². The number of nitrogens with zero attached hydrogens (tertiary/aromatic N) is 2. The number of amides is 2. The molecule has 3 rings (SSSR count). The molecule has 0 bridgehead atoms. The van der Waals surface area contributed by atoms with E-state index >= 15 is 0 Å². The van der Waals surface area contributed by atoms with Gasteiger partial charge in [0.2, 0.25) is 0 Å². The summed E-state index contributed by atoms with van der Waals surface area (Å²) in [6.45, 7) is 3.69. The molecule has 0 spiro atoms. The van der Waals surface area contributed by atoms with Crippen molar-refractivity contribution in [2.45, 2.75) is 13.8 Å². The Morgan fingerprint density at radius 3 is 2.29 bits per heavy atom. The molecule has 1 heterocycles. The molecule has 0 aromatic heterocycles. The normalized spacial score (nSPS) is 14.2. The molecule has 2 amide bonds. The summed E-state index contributed by atoms with van der Waals surface area (Å²) in [4.78, 5) is 37.9. The van der Waals surface area contributed by atoms with Crippen LogP contribution in [0.15, 0.2) is 47.4 Å². The number of nitro benzene ring substituents is 1. The largest absolute Gasteiger partial charge is 0.396 e. The van der Waals surface area contributed by atoms with Gasteiger partial charge in [0.1, 0.15) is 0 Å². The van der Waals surface area contributed by atoms with E-state index in [0.717, 1.165) is 27.8 Å². The van der Waals surface area contributed by atoms with Gasteiger partial charge in [-0.05, 0) is 54.8 Å². The van der Waals surface area contributed by atoms with Crippen LogP contribution >= 0.6 is 11.8 Å². The van der Waals surface area contributed by atoms with Crippen LogP contribution in [0.25, 0.3) is 5.57 Å². The van der Waals surface area contributed by atoms with Gasteiger partial charge in [0.25, 0.3) is 17.5 Å². The second-order valence-corrected chi connectivity index (χ2v) is 7.40. The smallest absolute Gasteiger partial charge is 0.272 e. The summed E-state index contributed by atoms with van der Waals surface area (Å²) in [5, 5.41) is 20.0. The molecule has 28 heavy (non-hydrogen) atoms. The molecule has 7 nitrogen and oxygen atoms in total. The van der Waals surface area contributed by atoms with E-state index in [1.165, 1.54) is 24.3 Å². The minimum atomic E-state index is -0.525. The molecule has 0 unspecified atom stereocenters. The number of aliphatic hydroxyl groups excluding tert-OH is 1. The lowest BCUT2D eigenvalue weighted by atomic mass is 10.1. The van der Waals surface area contributed by atoms with E-state index in [2.05, 4.69) is 0 Å². The Hall–Kier alpha value is -2.97. The number of carbonyl (C=O) groups is 2. The Balaban J connectivity index is 2.06. The van der Waals surface area contributed by atoms with Gasteiger partial charge in [0.15, 0.2) is 0 Å². The highest BCUT2D eigenvalue weighted by atomic mass is 32.2. The summed E-state index contributed by atoms with van der Waals surface area (Å²) in [7, 11) is 0. The molecule has 0 fully saturated rings. The van der Waals surface area contributed by atoms with Crippen LogP contribution in [0.1, 0.15) is 16.7 Å².